The molecule has 0 bridgehead atoms. The molecule has 1 atom stereocenters. The maximum absolute atomic E-state index is 11.5. The van der Waals surface area contributed by atoms with Crippen LogP contribution in [0.4, 0.5) is 5.69 Å². The van der Waals surface area contributed by atoms with Crippen molar-refractivity contribution in [3.63, 3.8) is 0 Å². The van der Waals surface area contributed by atoms with Crippen molar-refractivity contribution in [1.29, 1.82) is 0 Å². The highest BCUT2D eigenvalue weighted by molar-refractivity contribution is 5.85. The number of non-ortho nitro benzene ring substituents is 1. The third-order valence-corrected chi connectivity index (χ3v) is 2.52. The lowest BCUT2D eigenvalue weighted by Gasteiger charge is -2.14. The summed E-state index contributed by atoms with van der Waals surface area (Å²) in [5.41, 5.74) is 6.31. The highest BCUT2D eigenvalue weighted by Crippen LogP contribution is 2.13. The van der Waals surface area contributed by atoms with E-state index >= 15 is 0 Å². The molecule has 0 saturated carbocycles. The molecule has 0 aliphatic rings. The Bertz CT molecular complexity index is 434. The predicted molar refractivity (Wildman–Crippen MR) is 73.0 cm³/mol. The van der Waals surface area contributed by atoms with Gasteiger partial charge in [-0.1, -0.05) is 13.8 Å². The van der Waals surface area contributed by atoms with Crippen molar-refractivity contribution in [2.75, 3.05) is 0 Å². The Morgan fingerprint density at radius 1 is 1.37 bits per heavy atom. The van der Waals surface area contributed by atoms with E-state index in [1.807, 2.05) is 13.8 Å². The largest absolute Gasteiger partial charge is 0.460 e. The minimum Gasteiger partial charge on any atom is -0.460 e. The second-order valence-electron chi connectivity index (χ2n) is 4.30. The molecule has 0 aliphatic heterocycles. The first-order valence-corrected chi connectivity index (χ1v) is 5.57. The van der Waals surface area contributed by atoms with E-state index in [4.69, 9.17) is 10.5 Å². The monoisotopic (exact) mass is 288 g/mol. The van der Waals surface area contributed by atoms with Crippen molar-refractivity contribution in [2.45, 2.75) is 26.5 Å². The molecular formula is C12H17ClN2O4. The van der Waals surface area contributed by atoms with Crippen molar-refractivity contribution in [3.8, 4) is 0 Å². The van der Waals surface area contributed by atoms with Crippen LogP contribution in [0.5, 0.6) is 0 Å². The molecule has 0 aromatic heterocycles. The number of hydrogen-bond donors (Lipinski definition) is 1. The molecule has 1 aromatic rings. The van der Waals surface area contributed by atoms with Gasteiger partial charge in [-0.3, -0.25) is 14.9 Å². The van der Waals surface area contributed by atoms with E-state index < -0.39 is 16.9 Å². The van der Waals surface area contributed by atoms with Crippen molar-refractivity contribution in [2.24, 2.45) is 11.7 Å². The number of hydrogen-bond acceptors (Lipinski definition) is 5. The Balaban J connectivity index is 0.00000324. The Morgan fingerprint density at radius 2 is 1.89 bits per heavy atom. The van der Waals surface area contributed by atoms with Gasteiger partial charge in [0.05, 0.1) is 4.92 Å². The van der Waals surface area contributed by atoms with Crippen LogP contribution < -0.4 is 5.73 Å². The zero-order valence-corrected chi connectivity index (χ0v) is 11.6. The van der Waals surface area contributed by atoms with Crippen LogP contribution in [0.2, 0.25) is 0 Å². The maximum Gasteiger partial charge on any atom is 0.323 e. The van der Waals surface area contributed by atoms with Crippen molar-refractivity contribution < 1.29 is 14.5 Å². The minimum absolute atomic E-state index is 0. The molecule has 0 unspecified atom stereocenters. The predicted octanol–water partition coefficient (Wildman–Crippen LogP) is 2.04. The van der Waals surface area contributed by atoms with Crippen LogP contribution in [-0.4, -0.2) is 16.9 Å². The van der Waals surface area contributed by atoms with E-state index in [-0.39, 0.29) is 30.6 Å². The zero-order chi connectivity index (χ0) is 13.7. The highest BCUT2D eigenvalue weighted by Gasteiger charge is 2.18. The Kier molecular flexibility index (Phi) is 7.03. The second-order valence-corrected chi connectivity index (χ2v) is 4.30. The van der Waals surface area contributed by atoms with E-state index in [0.717, 1.165) is 0 Å². The topological polar surface area (TPSA) is 95.5 Å². The molecule has 0 heterocycles. The van der Waals surface area contributed by atoms with E-state index in [1.54, 1.807) is 12.1 Å². The quantitative estimate of drug-likeness (QED) is 0.508. The standard InChI is InChI=1S/C12H16N2O4.ClH/c1-8(2)11(13)12(15)18-7-9-3-5-10(6-4-9)14(16)17;/h3-6,8,11H,7,13H2,1-2H3;1H/t11-;/m0./s1. The summed E-state index contributed by atoms with van der Waals surface area (Å²) < 4.78 is 5.02. The van der Waals surface area contributed by atoms with Gasteiger partial charge in [-0.05, 0) is 23.6 Å². The Hall–Kier alpha value is -1.66. The van der Waals surface area contributed by atoms with Crippen molar-refractivity contribution in [1.82, 2.24) is 0 Å². The summed E-state index contributed by atoms with van der Waals surface area (Å²) >= 11 is 0. The van der Waals surface area contributed by atoms with E-state index in [2.05, 4.69) is 0 Å². The third kappa shape index (κ3) is 5.23. The van der Waals surface area contributed by atoms with Gasteiger partial charge in [0.2, 0.25) is 0 Å². The number of benzene rings is 1. The average molecular weight is 289 g/mol. The van der Waals surface area contributed by atoms with Crippen molar-refractivity contribution in [3.05, 3.63) is 39.9 Å². The molecule has 0 amide bonds. The van der Waals surface area contributed by atoms with Gasteiger partial charge in [-0.25, -0.2) is 0 Å². The Labute approximate surface area is 117 Å². The molecule has 7 heteroatoms. The SMILES string of the molecule is CC(C)[C@H](N)C(=O)OCc1ccc([N+](=O)[O-])cc1.Cl. The number of nitro groups is 1. The first-order chi connectivity index (χ1) is 8.41. The van der Waals surface area contributed by atoms with Crippen LogP contribution in [0.1, 0.15) is 19.4 Å². The summed E-state index contributed by atoms with van der Waals surface area (Å²) in [6, 6.07) is 5.18. The molecule has 2 N–H and O–H groups in total. The molecule has 1 rings (SSSR count). The molecule has 0 spiro atoms. The lowest BCUT2D eigenvalue weighted by Crippen LogP contribution is -2.36. The fraction of sp³-hybridized carbons (Fsp3) is 0.417. The number of carbonyl (C=O) groups excluding carboxylic acids is 1. The van der Waals surface area contributed by atoms with Gasteiger partial charge in [0.25, 0.3) is 5.69 Å². The zero-order valence-electron chi connectivity index (χ0n) is 10.7. The van der Waals surface area contributed by atoms with Gasteiger partial charge in [0.15, 0.2) is 0 Å². The van der Waals surface area contributed by atoms with E-state index in [0.29, 0.717) is 5.56 Å². The smallest absolute Gasteiger partial charge is 0.323 e. The number of carbonyl (C=O) groups is 1. The van der Waals surface area contributed by atoms with Crippen LogP contribution in [0.25, 0.3) is 0 Å². The van der Waals surface area contributed by atoms with Crippen molar-refractivity contribution >= 4 is 24.1 Å². The lowest BCUT2D eigenvalue weighted by atomic mass is 10.1. The molecule has 0 aliphatic carbocycles. The molecule has 0 fully saturated rings. The number of rotatable bonds is 5. The second kappa shape index (κ2) is 7.70. The van der Waals surface area contributed by atoms with E-state index in [1.165, 1.54) is 12.1 Å². The summed E-state index contributed by atoms with van der Waals surface area (Å²) in [5.74, 6) is -0.460. The lowest BCUT2D eigenvalue weighted by molar-refractivity contribution is -0.384. The molecular weight excluding hydrogens is 272 g/mol. The fourth-order valence-corrected chi connectivity index (χ4v) is 1.24. The number of nitro benzene ring substituents is 1. The van der Waals surface area contributed by atoms with Gasteiger partial charge in [0.1, 0.15) is 12.6 Å². The summed E-state index contributed by atoms with van der Waals surface area (Å²) in [4.78, 5) is 21.4. The fourth-order valence-electron chi connectivity index (χ4n) is 1.24. The van der Waals surface area contributed by atoms with Gasteiger partial charge in [-0.2, -0.15) is 0 Å². The number of nitrogens with zero attached hydrogens (tertiary/aromatic N) is 1. The van der Waals surface area contributed by atoms with Crippen LogP contribution in [-0.2, 0) is 16.1 Å². The summed E-state index contributed by atoms with van der Waals surface area (Å²) in [7, 11) is 0. The number of esters is 1. The molecule has 1 aromatic carbocycles. The molecule has 0 saturated heterocycles. The van der Waals surface area contributed by atoms with E-state index in [9.17, 15) is 14.9 Å². The molecule has 106 valence electrons. The molecule has 19 heavy (non-hydrogen) atoms. The van der Waals surface area contributed by atoms with Gasteiger partial charge < -0.3 is 10.5 Å². The number of halogens is 1. The molecule has 6 nitrogen and oxygen atoms in total. The van der Waals surface area contributed by atoms with Gasteiger partial charge in [0, 0.05) is 12.1 Å². The number of nitrogens with two attached hydrogens (primary N) is 1. The summed E-state index contributed by atoms with van der Waals surface area (Å²) in [5, 5.41) is 10.4. The third-order valence-electron chi connectivity index (χ3n) is 2.52. The minimum atomic E-state index is -0.650. The molecule has 0 radical (unpaired) electrons. The average Bonchev–Trinajstić information content (AvgIpc) is 2.35. The Morgan fingerprint density at radius 3 is 2.32 bits per heavy atom. The van der Waals surface area contributed by atoms with Crippen LogP contribution in [0.15, 0.2) is 24.3 Å². The van der Waals surface area contributed by atoms with Crippen LogP contribution in [0.3, 0.4) is 0 Å². The first kappa shape index (κ1) is 17.3. The van der Waals surface area contributed by atoms with Gasteiger partial charge in [-0.15, -0.1) is 12.4 Å². The van der Waals surface area contributed by atoms with Crippen LogP contribution in [0, 0.1) is 16.0 Å². The summed E-state index contributed by atoms with van der Waals surface area (Å²) in [6.45, 7) is 3.73. The first-order valence-electron chi connectivity index (χ1n) is 5.57. The van der Waals surface area contributed by atoms with Crippen LogP contribution >= 0.6 is 12.4 Å². The summed E-state index contributed by atoms with van der Waals surface area (Å²) in [6.07, 6.45) is 0. The number of ether oxygens (including phenoxy) is 1. The van der Waals surface area contributed by atoms with Gasteiger partial charge >= 0.3 is 5.97 Å². The maximum atomic E-state index is 11.5. The highest BCUT2D eigenvalue weighted by atomic mass is 35.5. The normalized spacial score (nSPS) is 11.6.